The Morgan fingerprint density at radius 1 is 1.21 bits per heavy atom. The Bertz CT molecular complexity index is 730. The van der Waals surface area contributed by atoms with E-state index >= 15 is 0 Å². The molecule has 0 saturated carbocycles. The molecule has 3 rings (SSSR count). The van der Waals surface area contributed by atoms with Crippen LogP contribution in [0, 0.1) is 17.0 Å². The Hall–Kier alpha value is -2.25. The number of rotatable bonds is 4. The number of aromatic nitrogens is 2. The van der Waals surface area contributed by atoms with Crippen molar-refractivity contribution in [1.29, 1.82) is 0 Å². The fourth-order valence-corrected chi connectivity index (χ4v) is 2.87. The molecule has 0 atom stereocenters. The van der Waals surface area contributed by atoms with Crippen molar-refractivity contribution in [3.05, 3.63) is 57.0 Å². The first-order valence-electron chi connectivity index (χ1n) is 7.72. The number of hydrogen-bond donors (Lipinski definition) is 0. The molecule has 8 heteroatoms. The average Bonchev–Trinajstić information content (AvgIpc) is 2.57. The van der Waals surface area contributed by atoms with E-state index in [0.717, 1.165) is 44.2 Å². The number of anilines is 1. The minimum absolute atomic E-state index is 0.0613. The predicted molar refractivity (Wildman–Crippen MR) is 92.4 cm³/mol. The van der Waals surface area contributed by atoms with Crippen LogP contribution in [-0.4, -0.2) is 46.0 Å². The van der Waals surface area contributed by atoms with Crippen molar-refractivity contribution >= 4 is 23.1 Å². The maximum atomic E-state index is 10.9. The van der Waals surface area contributed by atoms with Gasteiger partial charge < -0.3 is 4.90 Å². The summed E-state index contributed by atoms with van der Waals surface area (Å²) < 4.78 is 0. The molecule has 3 heterocycles. The Morgan fingerprint density at radius 2 is 1.96 bits per heavy atom. The van der Waals surface area contributed by atoms with Gasteiger partial charge in [0.25, 0.3) is 5.69 Å². The topological polar surface area (TPSA) is 75.4 Å². The molecule has 1 fully saturated rings. The first kappa shape index (κ1) is 16.6. The van der Waals surface area contributed by atoms with Crippen molar-refractivity contribution < 1.29 is 4.92 Å². The van der Waals surface area contributed by atoms with Crippen molar-refractivity contribution in [3.63, 3.8) is 0 Å². The van der Waals surface area contributed by atoms with Gasteiger partial charge >= 0.3 is 0 Å². The number of aryl methyl sites for hydroxylation is 1. The van der Waals surface area contributed by atoms with E-state index in [1.54, 1.807) is 19.2 Å². The van der Waals surface area contributed by atoms with Gasteiger partial charge in [0, 0.05) is 44.5 Å². The van der Waals surface area contributed by atoms with Crippen LogP contribution in [0.5, 0.6) is 0 Å². The number of nitrogens with zero attached hydrogens (tertiary/aromatic N) is 5. The lowest BCUT2D eigenvalue weighted by molar-refractivity contribution is -0.385. The van der Waals surface area contributed by atoms with E-state index in [1.165, 1.54) is 6.20 Å². The SMILES string of the molecule is Cc1cc(N2CCN(Cc3ccc(Cl)cn3)CC2)ncc1[N+](=O)[O-]. The summed E-state index contributed by atoms with van der Waals surface area (Å²) in [6.07, 6.45) is 3.01. The van der Waals surface area contributed by atoms with E-state index in [0.29, 0.717) is 10.6 Å². The molecule has 1 saturated heterocycles. The molecule has 0 bridgehead atoms. The van der Waals surface area contributed by atoms with E-state index in [2.05, 4.69) is 19.8 Å². The summed E-state index contributed by atoms with van der Waals surface area (Å²) in [7, 11) is 0. The van der Waals surface area contributed by atoms with Gasteiger partial charge in [-0.15, -0.1) is 0 Å². The predicted octanol–water partition coefficient (Wildman–Crippen LogP) is 2.67. The number of halogens is 1. The second-order valence-corrected chi connectivity index (χ2v) is 6.25. The summed E-state index contributed by atoms with van der Waals surface area (Å²) in [6, 6.07) is 5.58. The molecule has 2 aromatic rings. The van der Waals surface area contributed by atoms with Gasteiger partial charge in [-0.1, -0.05) is 11.6 Å². The van der Waals surface area contributed by atoms with Gasteiger partial charge in [-0.25, -0.2) is 4.98 Å². The van der Waals surface area contributed by atoms with Crippen LogP contribution in [0.2, 0.25) is 5.02 Å². The molecule has 0 amide bonds. The van der Waals surface area contributed by atoms with E-state index in [1.807, 2.05) is 12.1 Å². The van der Waals surface area contributed by atoms with E-state index in [-0.39, 0.29) is 5.69 Å². The summed E-state index contributed by atoms with van der Waals surface area (Å²) in [5, 5.41) is 11.5. The van der Waals surface area contributed by atoms with Gasteiger partial charge in [0.2, 0.25) is 0 Å². The number of piperazine rings is 1. The van der Waals surface area contributed by atoms with Crippen LogP contribution in [0.15, 0.2) is 30.6 Å². The summed E-state index contributed by atoms with van der Waals surface area (Å²) in [5.41, 5.74) is 1.70. The van der Waals surface area contributed by atoms with E-state index in [9.17, 15) is 10.1 Å². The summed E-state index contributed by atoms with van der Waals surface area (Å²) in [5.74, 6) is 0.794. The Balaban J connectivity index is 1.59. The van der Waals surface area contributed by atoms with Gasteiger partial charge in [0.05, 0.1) is 15.6 Å². The highest BCUT2D eigenvalue weighted by atomic mass is 35.5. The normalized spacial score (nSPS) is 15.5. The highest BCUT2D eigenvalue weighted by molar-refractivity contribution is 6.30. The third-order valence-corrected chi connectivity index (χ3v) is 4.36. The van der Waals surface area contributed by atoms with Crippen LogP contribution < -0.4 is 4.90 Å². The first-order valence-corrected chi connectivity index (χ1v) is 8.09. The smallest absolute Gasteiger partial charge is 0.290 e. The molecule has 0 unspecified atom stereocenters. The maximum absolute atomic E-state index is 10.9. The number of hydrogen-bond acceptors (Lipinski definition) is 6. The lowest BCUT2D eigenvalue weighted by atomic mass is 10.2. The number of nitro groups is 1. The van der Waals surface area contributed by atoms with E-state index < -0.39 is 4.92 Å². The molecule has 1 aliphatic rings. The van der Waals surface area contributed by atoms with Crippen LogP contribution in [0.3, 0.4) is 0 Å². The first-order chi connectivity index (χ1) is 11.5. The fourth-order valence-electron chi connectivity index (χ4n) is 2.76. The minimum Gasteiger partial charge on any atom is -0.354 e. The van der Waals surface area contributed by atoms with Crippen LogP contribution >= 0.6 is 11.6 Å². The molecule has 24 heavy (non-hydrogen) atoms. The molecular formula is C16H18ClN5O2. The molecule has 1 aliphatic heterocycles. The summed E-state index contributed by atoms with van der Waals surface area (Å²) in [6.45, 7) is 5.98. The molecule has 0 radical (unpaired) electrons. The second-order valence-electron chi connectivity index (χ2n) is 5.82. The lowest BCUT2D eigenvalue weighted by Crippen LogP contribution is -2.46. The zero-order valence-corrected chi connectivity index (χ0v) is 14.1. The Morgan fingerprint density at radius 3 is 2.54 bits per heavy atom. The van der Waals surface area contributed by atoms with Crippen molar-refractivity contribution in [2.24, 2.45) is 0 Å². The average molecular weight is 348 g/mol. The summed E-state index contributed by atoms with van der Waals surface area (Å²) in [4.78, 5) is 23.5. The molecule has 7 nitrogen and oxygen atoms in total. The highest BCUT2D eigenvalue weighted by Crippen LogP contribution is 2.22. The van der Waals surface area contributed by atoms with Crippen LogP contribution in [-0.2, 0) is 6.54 Å². The van der Waals surface area contributed by atoms with Crippen molar-refractivity contribution in [2.75, 3.05) is 31.1 Å². The molecule has 2 aromatic heterocycles. The highest BCUT2D eigenvalue weighted by Gasteiger charge is 2.20. The van der Waals surface area contributed by atoms with Gasteiger partial charge in [-0.2, -0.15) is 0 Å². The number of pyridine rings is 2. The molecule has 0 aromatic carbocycles. The van der Waals surface area contributed by atoms with Gasteiger partial charge in [-0.3, -0.25) is 20.0 Å². The van der Waals surface area contributed by atoms with Crippen LogP contribution in [0.4, 0.5) is 11.5 Å². The third kappa shape index (κ3) is 3.80. The largest absolute Gasteiger partial charge is 0.354 e. The molecule has 0 aliphatic carbocycles. The van der Waals surface area contributed by atoms with Gasteiger partial charge in [0.15, 0.2) is 0 Å². The van der Waals surface area contributed by atoms with Gasteiger partial charge in [-0.05, 0) is 25.1 Å². The monoisotopic (exact) mass is 347 g/mol. The lowest BCUT2D eigenvalue weighted by Gasteiger charge is -2.35. The maximum Gasteiger partial charge on any atom is 0.290 e. The molecule has 126 valence electrons. The second kappa shape index (κ2) is 7.11. The Kier molecular flexibility index (Phi) is 4.92. The minimum atomic E-state index is -0.400. The Labute approximate surface area is 145 Å². The van der Waals surface area contributed by atoms with E-state index in [4.69, 9.17) is 11.6 Å². The van der Waals surface area contributed by atoms with Crippen molar-refractivity contribution in [3.8, 4) is 0 Å². The van der Waals surface area contributed by atoms with Crippen LogP contribution in [0.1, 0.15) is 11.3 Å². The summed E-state index contributed by atoms with van der Waals surface area (Å²) >= 11 is 5.85. The zero-order chi connectivity index (χ0) is 17.1. The molecular weight excluding hydrogens is 330 g/mol. The van der Waals surface area contributed by atoms with Gasteiger partial charge in [0.1, 0.15) is 12.0 Å². The molecule has 0 N–H and O–H groups in total. The van der Waals surface area contributed by atoms with Crippen LogP contribution in [0.25, 0.3) is 0 Å². The van der Waals surface area contributed by atoms with Crippen molar-refractivity contribution in [2.45, 2.75) is 13.5 Å². The third-order valence-electron chi connectivity index (χ3n) is 4.14. The van der Waals surface area contributed by atoms with Crippen molar-refractivity contribution in [1.82, 2.24) is 14.9 Å². The zero-order valence-electron chi connectivity index (χ0n) is 13.4. The molecule has 0 spiro atoms. The standard InChI is InChI=1S/C16H18ClN5O2/c1-12-8-16(19-10-15(12)22(23)24)21-6-4-20(5-7-21)11-14-3-2-13(17)9-18-14/h2-3,8-10H,4-7,11H2,1H3. The fraction of sp³-hybridized carbons (Fsp3) is 0.375. The quantitative estimate of drug-likeness (QED) is 0.625.